The molecule has 0 fully saturated rings. The molecule has 2 aromatic carbocycles. The average Bonchev–Trinajstić information content (AvgIpc) is 2.89. The van der Waals surface area contributed by atoms with Crippen LogP contribution in [0, 0.1) is 11.6 Å². The number of rotatable bonds is 1. The van der Waals surface area contributed by atoms with Gasteiger partial charge in [-0.3, -0.25) is 0 Å². The molecule has 0 saturated carbocycles. The van der Waals surface area contributed by atoms with Crippen molar-refractivity contribution in [3.8, 4) is 11.4 Å². The summed E-state index contributed by atoms with van der Waals surface area (Å²) in [7, 11) is 0. The van der Waals surface area contributed by atoms with Crippen LogP contribution in [-0.2, 0) is 10.2 Å². The lowest BCUT2D eigenvalue weighted by Gasteiger charge is -2.35. The molecule has 0 amide bonds. The van der Waals surface area contributed by atoms with Crippen LogP contribution in [-0.4, -0.2) is 16.3 Å². The maximum Gasteiger partial charge on any atom is 0.129 e. The monoisotopic (exact) mass is 343 g/mol. The van der Waals surface area contributed by atoms with Crippen molar-refractivity contribution in [1.82, 2.24) is 4.57 Å². The summed E-state index contributed by atoms with van der Waals surface area (Å²) in [5.74, 6) is -0.964. The quantitative estimate of drug-likeness (QED) is 0.676. The van der Waals surface area contributed by atoms with Crippen molar-refractivity contribution in [3.63, 3.8) is 0 Å². The molecule has 0 saturated heterocycles. The summed E-state index contributed by atoms with van der Waals surface area (Å²) in [6, 6.07) is 8.59. The van der Waals surface area contributed by atoms with E-state index in [0.29, 0.717) is 17.5 Å². The van der Waals surface area contributed by atoms with E-state index in [1.165, 1.54) is 18.2 Å². The van der Waals surface area contributed by atoms with E-state index in [4.69, 9.17) is 4.74 Å². The lowest BCUT2D eigenvalue weighted by Crippen LogP contribution is -2.33. The first-order valence-corrected chi connectivity index (χ1v) is 8.24. The summed E-state index contributed by atoms with van der Waals surface area (Å²) in [6.07, 6.45) is -0.233. The molecule has 2 heterocycles. The largest absolute Gasteiger partial charge is 0.507 e. The Kier molecular flexibility index (Phi) is 3.41. The number of phenols is 1. The minimum atomic E-state index is -0.519. The number of hydrogen-bond donors (Lipinski definition) is 1. The fourth-order valence-corrected chi connectivity index (χ4v) is 3.80. The van der Waals surface area contributed by atoms with Crippen LogP contribution in [0.1, 0.15) is 38.1 Å². The molecule has 1 unspecified atom stereocenters. The molecular weight excluding hydrogens is 324 g/mol. The number of nitrogens with zero attached hydrogens (tertiary/aromatic N) is 1. The highest BCUT2D eigenvalue weighted by Crippen LogP contribution is 2.47. The smallest absolute Gasteiger partial charge is 0.129 e. The van der Waals surface area contributed by atoms with Gasteiger partial charge in [0.25, 0.3) is 0 Å². The Balaban J connectivity index is 2.19. The minimum Gasteiger partial charge on any atom is -0.507 e. The summed E-state index contributed by atoms with van der Waals surface area (Å²) >= 11 is 0. The van der Waals surface area contributed by atoms with Gasteiger partial charge in [0.2, 0.25) is 0 Å². The number of ether oxygens (including phenoxy) is 1. The standard InChI is InChI=1S/C20H19F2NO2/c1-11-17-18-15(8-13(22)9-16(18)24)23(14-6-4-12(21)5-7-14)19(17)20(2,3)10-25-11/h4-9,11,24H,10H2,1-3H3. The van der Waals surface area contributed by atoms with Gasteiger partial charge in [0, 0.05) is 33.8 Å². The summed E-state index contributed by atoms with van der Waals surface area (Å²) < 4.78 is 35.3. The molecule has 4 rings (SSSR count). The van der Waals surface area contributed by atoms with Crippen LogP contribution in [0.25, 0.3) is 16.6 Å². The predicted molar refractivity (Wildman–Crippen MR) is 92.2 cm³/mol. The van der Waals surface area contributed by atoms with Crippen molar-refractivity contribution in [2.75, 3.05) is 6.61 Å². The van der Waals surface area contributed by atoms with E-state index in [2.05, 4.69) is 0 Å². The van der Waals surface area contributed by atoms with Crippen molar-refractivity contribution >= 4 is 10.9 Å². The number of aromatic hydroxyl groups is 1. The molecule has 1 N–H and O–H groups in total. The highest BCUT2D eigenvalue weighted by atomic mass is 19.1. The van der Waals surface area contributed by atoms with Crippen molar-refractivity contribution in [2.45, 2.75) is 32.3 Å². The Hall–Kier alpha value is -2.40. The Morgan fingerprint density at radius 3 is 2.48 bits per heavy atom. The van der Waals surface area contributed by atoms with E-state index in [0.717, 1.165) is 23.0 Å². The first kappa shape index (κ1) is 16.1. The Bertz CT molecular complexity index is 974. The highest BCUT2D eigenvalue weighted by molar-refractivity contribution is 5.93. The summed E-state index contributed by atoms with van der Waals surface area (Å²) in [5.41, 5.74) is 2.74. The Morgan fingerprint density at radius 2 is 1.80 bits per heavy atom. The lowest BCUT2D eigenvalue weighted by atomic mass is 9.83. The fraction of sp³-hybridized carbons (Fsp3) is 0.300. The number of hydrogen-bond acceptors (Lipinski definition) is 2. The van der Waals surface area contributed by atoms with Gasteiger partial charge < -0.3 is 14.4 Å². The second kappa shape index (κ2) is 5.30. The topological polar surface area (TPSA) is 34.4 Å². The minimum absolute atomic E-state index is 0.111. The van der Waals surface area contributed by atoms with Gasteiger partial charge in [-0.2, -0.15) is 0 Å². The zero-order valence-electron chi connectivity index (χ0n) is 14.3. The van der Waals surface area contributed by atoms with E-state index >= 15 is 0 Å². The number of benzene rings is 2. The van der Waals surface area contributed by atoms with E-state index in [9.17, 15) is 13.9 Å². The maximum atomic E-state index is 14.0. The fourth-order valence-electron chi connectivity index (χ4n) is 3.80. The zero-order chi connectivity index (χ0) is 17.9. The second-order valence-corrected chi connectivity index (χ2v) is 7.23. The molecule has 1 atom stereocenters. The van der Waals surface area contributed by atoms with Crippen molar-refractivity contribution < 1.29 is 18.6 Å². The molecule has 0 aliphatic carbocycles. The van der Waals surface area contributed by atoms with Crippen LogP contribution in [0.3, 0.4) is 0 Å². The van der Waals surface area contributed by atoms with E-state index in [1.54, 1.807) is 12.1 Å². The van der Waals surface area contributed by atoms with Crippen LogP contribution in [0.15, 0.2) is 36.4 Å². The third-order valence-electron chi connectivity index (χ3n) is 4.88. The van der Waals surface area contributed by atoms with Crippen LogP contribution >= 0.6 is 0 Å². The lowest BCUT2D eigenvalue weighted by molar-refractivity contribution is 0.0168. The Morgan fingerprint density at radius 1 is 1.12 bits per heavy atom. The van der Waals surface area contributed by atoms with Gasteiger partial charge in [0.15, 0.2) is 0 Å². The summed E-state index contributed by atoms with van der Waals surface area (Å²) in [6.45, 7) is 6.52. The number of halogens is 2. The van der Waals surface area contributed by atoms with Gasteiger partial charge in [-0.1, -0.05) is 13.8 Å². The Labute approximate surface area is 144 Å². The molecule has 5 heteroatoms. The van der Waals surface area contributed by atoms with Gasteiger partial charge in [-0.05, 0) is 37.3 Å². The third kappa shape index (κ3) is 2.34. The zero-order valence-corrected chi connectivity index (χ0v) is 14.3. The molecule has 1 aromatic heterocycles. The van der Waals surface area contributed by atoms with E-state index < -0.39 is 5.82 Å². The van der Waals surface area contributed by atoms with Gasteiger partial charge in [-0.15, -0.1) is 0 Å². The molecule has 3 aromatic rings. The molecule has 1 aliphatic heterocycles. The highest BCUT2D eigenvalue weighted by Gasteiger charge is 2.38. The van der Waals surface area contributed by atoms with Crippen LogP contribution in [0.5, 0.6) is 5.75 Å². The summed E-state index contributed by atoms with van der Waals surface area (Å²) in [5, 5.41) is 11.0. The molecule has 0 spiro atoms. The van der Waals surface area contributed by atoms with Crippen molar-refractivity contribution in [2.24, 2.45) is 0 Å². The van der Waals surface area contributed by atoms with Gasteiger partial charge in [0.05, 0.1) is 18.2 Å². The number of fused-ring (bicyclic) bond motifs is 3. The SMILES string of the molecule is CC1OCC(C)(C)c2c1c1c(O)cc(F)cc1n2-c1ccc(F)cc1. The maximum absolute atomic E-state index is 14.0. The van der Waals surface area contributed by atoms with E-state index in [-0.39, 0.29) is 23.1 Å². The van der Waals surface area contributed by atoms with E-state index in [1.807, 2.05) is 25.3 Å². The van der Waals surface area contributed by atoms with Crippen LogP contribution in [0.2, 0.25) is 0 Å². The first-order chi connectivity index (χ1) is 11.8. The van der Waals surface area contributed by atoms with Crippen LogP contribution in [0.4, 0.5) is 8.78 Å². The normalized spacial score (nSPS) is 19.2. The van der Waals surface area contributed by atoms with Crippen molar-refractivity contribution in [3.05, 3.63) is 59.3 Å². The average molecular weight is 343 g/mol. The van der Waals surface area contributed by atoms with Crippen molar-refractivity contribution in [1.29, 1.82) is 0 Å². The first-order valence-electron chi connectivity index (χ1n) is 8.24. The second-order valence-electron chi connectivity index (χ2n) is 7.23. The molecule has 0 bridgehead atoms. The number of phenolic OH excluding ortho intramolecular Hbond substituents is 1. The third-order valence-corrected chi connectivity index (χ3v) is 4.88. The number of aromatic nitrogens is 1. The van der Waals surface area contributed by atoms with Gasteiger partial charge >= 0.3 is 0 Å². The molecule has 3 nitrogen and oxygen atoms in total. The molecule has 25 heavy (non-hydrogen) atoms. The van der Waals surface area contributed by atoms with Crippen LogP contribution < -0.4 is 0 Å². The molecule has 0 radical (unpaired) electrons. The van der Waals surface area contributed by atoms with Gasteiger partial charge in [-0.25, -0.2) is 8.78 Å². The molecule has 130 valence electrons. The molecule has 1 aliphatic rings. The predicted octanol–water partition coefficient (Wildman–Crippen LogP) is 4.98. The molecular formula is C20H19F2NO2. The summed E-state index contributed by atoms with van der Waals surface area (Å²) in [4.78, 5) is 0. The van der Waals surface area contributed by atoms with Gasteiger partial charge in [0.1, 0.15) is 17.4 Å².